The van der Waals surface area contributed by atoms with Gasteiger partial charge in [-0.05, 0) is 41.0 Å². The minimum Gasteiger partial charge on any atom is -0.380 e. The first-order valence-electron chi connectivity index (χ1n) is 9.67. The molecule has 4 heteroatoms. The quantitative estimate of drug-likeness (QED) is 0.475. The Morgan fingerprint density at radius 3 is 2.34 bits per heavy atom. The average molecular weight is 378 g/mol. The highest BCUT2D eigenvalue weighted by molar-refractivity contribution is 5.91. The topological polar surface area (TPSA) is 60.7 Å². The number of nitrogens with zero attached hydrogens (tertiary/aromatic N) is 2. The van der Waals surface area contributed by atoms with Crippen molar-refractivity contribution in [2.75, 3.05) is 5.32 Å². The second-order valence-electron chi connectivity index (χ2n) is 6.91. The van der Waals surface area contributed by atoms with Crippen LogP contribution in [0.1, 0.15) is 22.3 Å². The van der Waals surface area contributed by atoms with E-state index in [1.165, 1.54) is 16.7 Å². The Hall–Kier alpha value is -3.68. The Morgan fingerprint density at radius 1 is 0.793 bits per heavy atom. The normalized spacial score (nSPS) is 10.6. The summed E-state index contributed by atoms with van der Waals surface area (Å²) in [7, 11) is 0. The number of rotatable bonds is 7. The number of fused-ring (bicyclic) bond motifs is 1. The van der Waals surface area contributed by atoms with Crippen LogP contribution in [0.15, 0.2) is 85.1 Å². The lowest BCUT2D eigenvalue weighted by atomic mass is 10.1. The van der Waals surface area contributed by atoms with Crippen molar-refractivity contribution < 1.29 is 0 Å². The molecule has 0 atom stereocenters. The van der Waals surface area contributed by atoms with Gasteiger partial charge in [0.05, 0.1) is 17.1 Å². The van der Waals surface area contributed by atoms with E-state index >= 15 is 0 Å². The maximum atomic E-state index is 9.09. The molecule has 0 fully saturated rings. The van der Waals surface area contributed by atoms with Gasteiger partial charge in [0.2, 0.25) is 0 Å². The summed E-state index contributed by atoms with van der Waals surface area (Å²) in [4.78, 5) is 4.39. The van der Waals surface area contributed by atoms with Gasteiger partial charge in [0.1, 0.15) is 0 Å². The van der Waals surface area contributed by atoms with Crippen molar-refractivity contribution in [1.82, 2.24) is 10.3 Å². The van der Waals surface area contributed by atoms with Gasteiger partial charge >= 0.3 is 0 Å². The largest absolute Gasteiger partial charge is 0.380 e. The van der Waals surface area contributed by atoms with Crippen LogP contribution in [0.5, 0.6) is 0 Å². The molecule has 0 amide bonds. The second-order valence-corrected chi connectivity index (χ2v) is 6.91. The fraction of sp³-hybridized carbons (Fsp3) is 0.120. The molecule has 0 unspecified atom stereocenters. The van der Waals surface area contributed by atoms with Crippen LogP contribution in [0.25, 0.3) is 10.9 Å². The number of aromatic nitrogens is 1. The van der Waals surface area contributed by atoms with Gasteiger partial charge < -0.3 is 10.6 Å². The van der Waals surface area contributed by atoms with Crippen LogP contribution in [-0.2, 0) is 19.6 Å². The summed E-state index contributed by atoms with van der Waals surface area (Å²) in [6, 6.07) is 28.6. The highest BCUT2D eigenvalue weighted by Gasteiger charge is 2.06. The molecule has 0 saturated carbocycles. The lowest BCUT2D eigenvalue weighted by Crippen LogP contribution is -2.15. The zero-order chi connectivity index (χ0) is 19.9. The fourth-order valence-electron chi connectivity index (χ4n) is 3.40. The van der Waals surface area contributed by atoms with E-state index in [-0.39, 0.29) is 0 Å². The molecule has 4 nitrogen and oxygen atoms in total. The summed E-state index contributed by atoms with van der Waals surface area (Å²) < 4.78 is 0. The van der Waals surface area contributed by atoms with Gasteiger partial charge in [0.25, 0.3) is 0 Å². The SMILES string of the molecule is N#Cc1ccc2c(NCc3ccccc3CNCc3ccccc3)ccnc2c1. The predicted octanol–water partition coefficient (Wildman–Crippen LogP) is 5.01. The number of nitrogens with one attached hydrogen (secondary N) is 2. The summed E-state index contributed by atoms with van der Waals surface area (Å²) in [6.45, 7) is 2.39. The van der Waals surface area contributed by atoms with Crippen molar-refractivity contribution in [1.29, 1.82) is 5.26 Å². The molecule has 29 heavy (non-hydrogen) atoms. The summed E-state index contributed by atoms with van der Waals surface area (Å²) in [5, 5.41) is 17.2. The number of anilines is 1. The first kappa shape index (κ1) is 18.7. The van der Waals surface area contributed by atoms with Crippen molar-refractivity contribution in [2.24, 2.45) is 0 Å². The van der Waals surface area contributed by atoms with Gasteiger partial charge in [0, 0.05) is 36.9 Å². The first-order valence-corrected chi connectivity index (χ1v) is 9.67. The van der Waals surface area contributed by atoms with Gasteiger partial charge in [-0.3, -0.25) is 4.98 Å². The molecule has 142 valence electrons. The second kappa shape index (κ2) is 9.01. The molecule has 0 bridgehead atoms. The molecule has 1 heterocycles. The third-order valence-corrected chi connectivity index (χ3v) is 4.95. The number of hydrogen-bond donors (Lipinski definition) is 2. The van der Waals surface area contributed by atoms with E-state index in [0.717, 1.165) is 36.2 Å². The van der Waals surface area contributed by atoms with Gasteiger partial charge in [-0.2, -0.15) is 5.26 Å². The molecule has 2 N–H and O–H groups in total. The number of nitriles is 1. The van der Waals surface area contributed by atoms with Crippen molar-refractivity contribution in [3.05, 3.63) is 107 Å². The summed E-state index contributed by atoms with van der Waals surface area (Å²) >= 11 is 0. The van der Waals surface area contributed by atoms with Crippen LogP contribution in [0, 0.1) is 11.3 Å². The minimum absolute atomic E-state index is 0.622. The summed E-state index contributed by atoms with van der Waals surface area (Å²) in [6.07, 6.45) is 1.78. The number of hydrogen-bond acceptors (Lipinski definition) is 4. The van der Waals surface area contributed by atoms with Crippen LogP contribution >= 0.6 is 0 Å². The molecular weight excluding hydrogens is 356 g/mol. The van der Waals surface area contributed by atoms with Crippen molar-refractivity contribution in [3.63, 3.8) is 0 Å². The monoisotopic (exact) mass is 378 g/mol. The Kier molecular flexibility index (Phi) is 5.80. The van der Waals surface area contributed by atoms with E-state index in [1.807, 2.05) is 30.3 Å². The van der Waals surface area contributed by atoms with Crippen molar-refractivity contribution in [3.8, 4) is 6.07 Å². The van der Waals surface area contributed by atoms with E-state index in [2.05, 4.69) is 70.2 Å². The highest BCUT2D eigenvalue weighted by atomic mass is 14.9. The molecule has 0 aliphatic rings. The lowest BCUT2D eigenvalue weighted by molar-refractivity contribution is 0.689. The Bertz CT molecular complexity index is 1150. The zero-order valence-electron chi connectivity index (χ0n) is 16.1. The first-order chi connectivity index (χ1) is 14.3. The van der Waals surface area contributed by atoms with Gasteiger partial charge in [-0.1, -0.05) is 54.6 Å². The molecule has 0 aliphatic heterocycles. The smallest absolute Gasteiger partial charge is 0.0992 e. The van der Waals surface area contributed by atoms with Gasteiger partial charge in [-0.15, -0.1) is 0 Å². The molecular formula is C25H22N4. The Labute approximate surface area is 170 Å². The Balaban J connectivity index is 1.45. The van der Waals surface area contributed by atoms with E-state index < -0.39 is 0 Å². The van der Waals surface area contributed by atoms with Crippen LogP contribution in [0.2, 0.25) is 0 Å². The highest BCUT2D eigenvalue weighted by Crippen LogP contribution is 2.23. The predicted molar refractivity (Wildman–Crippen MR) is 117 cm³/mol. The molecule has 4 rings (SSSR count). The number of pyridine rings is 1. The van der Waals surface area contributed by atoms with Crippen molar-refractivity contribution >= 4 is 16.6 Å². The van der Waals surface area contributed by atoms with E-state index in [4.69, 9.17) is 5.26 Å². The van der Waals surface area contributed by atoms with Crippen LogP contribution in [0.4, 0.5) is 5.69 Å². The van der Waals surface area contributed by atoms with E-state index in [0.29, 0.717) is 5.56 Å². The van der Waals surface area contributed by atoms with Crippen molar-refractivity contribution in [2.45, 2.75) is 19.6 Å². The van der Waals surface area contributed by atoms with Gasteiger partial charge in [0.15, 0.2) is 0 Å². The van der Waals surface area contributed by atoms with Gasteiger partial charge in [-0.25, -0.2) is 0 Å². The molecule has 4 aromatic rings. The standard InChI is InChI=1S/C25H22N4/c26-15-20-10-11-23-24(12-13-28-25(23)14-20)29-18-22-9-5-4-8-21(22)17-27-16-19-6-2-1-3-7-19/h1-14,27H,16-18H2,(H,28,29). The van der Waals surface area contributed by atoms with E-state index in [1.54, 1.807) is 6.20 Å². The van der Waals surface area contributed by atoms with Crippen LogP contribution in [0.3, 0.4) is 0 Å². The molecule has 0 radical (unpaired) electrons. The van der Waals surface area contributed by atoms with Crippen LogP contribution < -0.4 is 10.6 Å². The molecule has 3 aromatic carbocycles. The molecule has 0 spiro atoms. The lowest BCUT2D eigenvalue weighted by Gasteiger charge is -2.14. The molecule has 0 aliphatic carbocycles. The van der Waals surface area contributed by atoms with Crippen LogP contribution in [-0.4, -0.2) is 4.98 Å². The molecule has 0 saturated heterocycles. The number of benzene rings is 3. The summed E-state index contributed by atoms with van der Waals surface area (Å²) in [5.74, 6) is 0. The van der Waals surface area contributed by atoms with E-state index in [9.17, 15) is 0 Å². The Morgan fingerprint density at radius 2 is 1.55 bits per heavy atom. The summed E-state index contributed by atoms with van der Waals surface area (Å²) in [5.41, 5.74) is 6.28. The minimum atomic E-state index is 0.622. The fourth-order valence-corrected chi connectivity index (χ4v) is 3.40. The zero-order valence-corrected chi connectivity index (χ0v) is 16.1. The molecule has 1 aromatic heterocycles. The maximum Gasteiger partial charge on any atom is 0.0992 e. The third-order valence-electron chi connectivity index (χ3n) is 4.95. The third kappa shape index (κ3) is 4.60. The maximum absolute atomic E-state index is 9.09. The average Bonchev–Trinajstić information content (AvgIpc) is 2.78.